The smallest absolute Gasteiger partial charge is 0.251 e. The van der Waals surface area contributed by atoms with E-state index in [2.05, 4.69) is 10.6 Å². The van der Waals surface area contributed by atoms with Crippen LogP contribution in [-0.4, -0.2) is 18.4 Å². The summed E-state index contributed by atoms with van der Waals surface area (Å²) >= 11 is 0. The Kier molecular flexibility index (Phi) is 4.89. The van der Waals surface area contributed by atoms with Gasteiger partial charge in [-0.1, -0.05) is 29.8 Å². The van der Waals surface area contributed by atoms with Gasteiger partial charge < -0.3 is 10.6 Å². The number of hydrogen-bond donors (Lipinski definition) is 2. The Morgan fingerprint density at radius 3 is 2.64 bits per heavy atom. The quantitative estimate of drug-likeness (QED) is 0.907. The van der Waals surface area contributed by atoms with Gasteiger partial charge in [0.05, 0.1) is 17.8 Å². The Balaban J connectivity index is 1.93. The number of carbonyl (C=O) groups is 2. The van der Waals surface area contributed by atoms with Crippen molar-refractivity contribution in [2.75, 3.05) is 11.9 Å². The van der Waals surface area contributed by atoms with Crippen molar-refractivity contribution in [3.63, 3.8) is 0 Å². The van der Waals surface area contributed by atoms with Gasteiger partial charge in [-0.15, -0.1) is 0 Å². The van der Waals surface area contributed by atoms with Crippen LogP contribution in [0.2, 0.25) is 0 Å². The van der Waals surface area contributed by atoms with Gasteiger partial charge in [0.15, 0.2) is 0 Å². The van der Waals surface area contributed by atoms with E-state index >= 15 is 0 Å². The van der Waals surface area contributed by atoms with Gasteiger partial charge in [0.25, 0.3) is 5.91 Å². The molecule has 0 aliphatic carbocycles. The third kappa shape index (κ3) is 3.93. The predicted molar refractivity (Wildman–Crippen MR) is 83.3 cm³/mol. The highest BCUT2D eigenvalue weighted by atomic mass is 16.2. The molecule has 22 heavy (non-hydrogen) atoms. The fourth-order valence-corrected chi connectivity index (χ4v) is 1.93. The fraction of sp³-hybridized carbons (Fsp3) is 0.118. The van der Waals surface area contributed by atoms with E-state index in [1.165, 1.54) is 0 Å². The lowest BCUT2D eigenvalue weighted by atomic mass is 10.1. The van der Waals surface area contributed by atoms with E-state index in [1.54, 1.807) is 42.5 Å². The van der Waals surface area contributed by atoms with Crippen molar-refractivity contribution in [2.24, 2.45) is 0 Å². The van der Waals surface area contributed by atoms with Crippen molar-refractivity contribution in [3.8, 4) is 6.07 Å². The van der Waals surface area contributed by atoms with Crippen LogP contribution in [0.4, 0.5) is 5.69 Å². The first-order chi connectivity index (χ1) is 10.6. The Morgan fingerprint density at radius 1 is 1.14 bits per heavy atom. The summed E-state index contributed by atoms with van der Waals surface area (Å²) in [5.41, 5.74) is 2.28. The predicted octanol–water partition coefficient (Wildman–Crippen LogP) is 2.24. The summed E-state index contributed by atoms with van der Waals surface area (Å²) in [4.78, 5) is 23.8. The molecular weight excluding hydrogens is 278 g/mol. The van der Waals surface area contributed by atoms with Crippen molar-refractivity contribution in [1.82, 2.24) is 5.32 Å². The van der Waals surface area contributed by atoms with Gasteiger partial charge in [-0.25, -0.2) is 0 Å². The Bertz CT molecular complexity index is 748. The molecule has 110 valence electrons. The number of hydrogen-bond acceptors (Lipinski definition) is 3. The number of benzene rings is 2. The van der Waals surface area contributed by atoms with E-state index in [1.807, 2.05) is 19.1 Å². The van der Waals surface area contributed by atoms with Gasteiger partial charge in [0, 0.05) is 5.56 Å². The molecule has 0 aromatic heterocycles. The van der Waals surface area contributed by atoms with E-state index in [9.17, 15) is 9.59 Å². The summed E-state index contributed by atoms with van der Waals surface area (Å²) in [7, 11) is 0. The van der Waals surface area contributed by atoms with Crippen LogP contribution >= 0.6 is 0 Å². The molecule has 0 fully saturated rings. The van der Waals surface area contributed by atoms with E-state index < -0.39 is 0 Å². The Hall–Kier alpha value is -3.13. The van der Waals surface area contributed by atoms with Crippen LogP contribution in [0.1, 0.15) is 21.5 Å². The molecule has 2 aromatic rings. The number of nitrogens with one attached hydrogen (secondary N) is 2. The first-order valence-corrected chi connectivity index (χ1v) is 6.74. The zero-order valence-corrected chi connectivity index (χ0v) is 12.1. The average molecular weight is 293 g/mol. The molecule has 2 N–H and O–H groups in total. The van der Waals surface area contributed by atoms with E-state index in [0.717, 1.165) is 5.56 Å². The minimum Gasteiger partial charge on any atom is -0.343 e. The monoisotopic (exact) mass is 293 g/mol. The molecule has 0 spiro atoms. The van der Waals surface area contributed by atoms with Gasteiger partial charge in [0.2, 0.25) is 5.91 Å². The van der Waals surface area contributed by atoms with Crippen LogP contribution < -0.4 is 10.6 Å². The molecule has 0 bridgehead atoms. The number of nitrogens with zero attached hydrogens (tertiary/aromatic N) is 1. The second-order valence-electron chi connectivity index (χ2n) is 4.76. The molecule has 2 aromatic carbocycles. The summed E-state index contributed by atoms with van der Waals surface area (Å²) in [5, 5.41) is 14.1. The van der Waals surface area contributed by atoms with Crippen LogP contribution in [-0.2, 0) is 4.79 Å². The maximum Gasteiger partial charge on any atom is 0.251 e. The van der Waals surface area contributed by atoms with E-state index in [0.29, 0.717) is 16.8 Å². The van der Waals surface area contributed by atoms with Crippen LogP contribution in [0.5, 0.6) is 0 Å². The van der Waals surface area contributed by atoms with Gasteiger partial charge >= 0.3 is 0 Å². The molecule has 0 atom stereocenters. The molecule has 5 nitrogen and oxygen atoms in total. The summed E-state index contributed by atoms with van der Waals surface area (Å²) < 4.78 is 0. The number of carbonyl (C=O) groups excluding carboxylic acids is 2. The molecule has 0 aliphatic rings. The lowest BCUT2D eigenvalue weighted by Gasteiger charge is -2.08. The molecule has 2 rings (SSSR count). The summed E-state index contributed by atoms with van der Waals surface area (Å²) in [5.74, 6) is -0.698. The zero-order chi connectivity index (χ0) is 15.9. The molecule has 5 heteroatoms. The molecule has 2 amide bonds. The normalized spacial score (nSPS) is 9.64. The van der Waals surface area contributed by atoms with Gasteiger partial charge in [-0.2, -0.15) is 5.26 Å². The molecular formula is C17H15N3O2. The van der Waals surface area contributed by atoms with Crippen LogP contribution in [0, 0.1) is 18.3 Å². The zero-order valence-electron chi connectivity index (χ0n) is 12.1. The number of anilines is 1. The topological polar surface area (TPSA) is 82.0 Å². The maximum atomic E-state index is 11.9. The van der Waals surface area contributed by atoms with Crippen molar-refractivity contribution >= 4 is 17.5 Å². The fourth-order valence-electron chi connectivity index (χ4n) is 1.93. The standard InChI is InChI=1S/C17H15N3O2/c1-12-5-4-7-13(9-12)17(22)19-11-16(21)20-15-8-3-2-6-14(15)10-18/h2-9H,11H2,1H3,(H,19,22)(H,20,21). The van der Waals surface area contributed by atoms with Gasteiger partial charge in [-0.3, -0.25) is 9.59 Å². The highest BCUT2D eigenvalue weighted by Crippen LogP contribution is 2.13. The third-order valence-electron chi connectivity index (χ3n) is 3.01. The summed E-state index contributed by atoms with van der Waals surface area (Å²) in [6, 6.07) is 15.8. The maximum absolute atomic E-state index is 11.9. The number of aryl methyl sites for hydroxylation is 1. The van der Waals surface area contributed by atoms with Crippen molar-refractivity contribution in [1.29, 1.82) is 5.26 Å². The van der Waals surface area contributed by atoms with Crippen LogP contribution in [0.15, 0.2) is 48.5 Å². The number of amides is 2. The van der Waals surface area contributed by atoms with Crippen molar-refractivity contribution < 1.29 is 9.59 Å². The highest BCUT2D eigenvalue weighted by Gasteiger charge is 2.09. The Labute approximate surface area is 128 Å². The first kappa shape index (κ1) is 15.3. The SMILES string of the molecule is Cc1cccc(C(=O)NCC(=O)Nc2ccccc2C#N)c1. The number of para-hydroxylation sites is 1. The average Bonchev–Trinajstić information content (AvgIpc) is 2.53. The minimum absolute atomic E-state index is 0.160. The Morgan fingerprint density at radius 2 is 1.91 bits per heavy atom. The van der Waals surface area contributed by atoms with E-state index in [-0.39, 0.29) is 18.4 Å². The van der Waals surface area contributed by atoms with E-state index in [4.69, 9.17) is 5.26 Å². The van der Waals surface area contributed by atoms with Crippen molar-refractivity contribution in [2.45, 2.75) is 6.92 Å². The number of nitriles is 1. The summed E-state index contributed by atoms with van der Waals surface area (Å²) in [6.07, 6.45) is 0. The van der Waals surface area contributed by atoms with Crippen molar-refractivity contribution in [3.05, 3.63) is 65.2 Å². The molecule has 0 saturated heterocycles. The third-order valence-corrected chi connectivity index (χ3v) is 3.01. The molecule has 0 saturated carbocycles. The molecule has 0 aliphatic heterocycles. The largest absolute Gasteiger partial charge is 0.343 e. The van der Waals surface area contributed by atoms with Gasteiger partial charge in [-0.05, 0) is 31.2 Å². The lowest BCUT2D eigenvalue weighted by Crippen LogP contribution is -2.33. The van der Waals surface area contributed by atoms with Crippen LogP contribution in [0.3, 0.4) is 0 Å². The second-order valence-corrected chi connectivity index (χ2v) is 4.76. The highest BCUT2D eigenvalue weighted by molar-refractivity contribution is 5.99. The lowest BCUT2D eigenvalue weighted by molar-refractivity contribution is -0.115. The molecule has 0 unspecified atom stereocenters. The van der Waals surface area contributed by atoms with Gasteiger partial charge in [0.1, 0.15) is 6.07 Å². The summed E-state index contributed by atoms with van der Waals surface area (Å²) in [6.45, 7) is 1.73. The second kappa shape index (κ2) is 7.04. The number of rotatable bonds is 4. The molecule has 0 radical (unpaired) electrons. The first-order valence-electron chi connectivity index (χ1n) is 6.74. The minimum atomic E-state index is -0.385. The van der Waals surface area contributed by atoms with Crippen LogP contribution in [0.25, 0.3) is 0 Å². The molecule has 0 heterocycles.